The second-order valence-corrected chi connectivity index (χ2v) is 6.78. The first-order valence-electron chi connectivity index (χ1n) is 6.85. The van der Waals surface area contributed by atoms with Crippen molar-refractivity contribution in [2.45, 2.75) is 17.1 Å². The van der Waals surface area contributed by atoms with Crippen molar-refractivity contribution in [3.05, 3.63) is 52.1 Å². The topological polar surface area (TPSA) is 26.3 Å². The molecule has 0 amide bonds. The summed E-state index contributed by atoms with van der Waals surface area (Å²) in [6, 6.07) is 1.46. The second kappa shape index (κ2) is 7.79. The molecule has 0 bridgehead atoms. The molecule has 0 saturated heterocycles. The first-order valence-corrected chi connectivity index (χ1v) is 8.11. The summed E-state index contributed by atoms with van der Waals surface area (Å²) in [6.45, 7) is 1.42. The molecule has 2 aromatic carbocycles. The molecule has 0 fully saturated rings. The molecule has 2 aromatic rings. The van der Waals surface area contributed by atoms with Gasteiger partial charge in [0.25, 0.3) is 0 Å². The smallest absolute Gasteiger partial charge is 0.318 e. The van der Waals surface area contributed by atoms with E-state index in [4.69, 9.17) is 11.6 Å². The molecule has 140 valence electrons. The van der Waals surface area contributed by atoms with Gasteiger partial charge in [0.1, 0.15) is 11.1 Å². The number of carbonyl (C=O) groups is 1. The minimum absolute atomic E-state index is 0.00934. The van der Waals surface area contributed by atoms with Gasteiger partial charge in [-0.1, -0.05) is 11.6 Å². The molecular weight excluding hydrogens is 406 g/mol. The van der Waals surface area contributed by atoms with E-state index in [1.165, 1.54) is 6.92 Å². The quantitative estimate of drug-likeness (QED) is 0.217. The summed E-state index contributed by atoms with van der Waals surface area (Å²) in [5, 5.41) is -1.04. The highest BCUT2D eigenvalue weighted by molar-refractivity contribution is 8.00. The Balaban J connectivity index is 2.66. The molecule has 0 spiro atoms. The Morgan fingerprint density at radius 2 is 1.50 bits per heavy atom. The van der Waals surface area contributed by atoms with E-state index < -0.39 is 57.2 Å². The Kier molecular flexibility index (Phi) is 6.13. The van der Waals surface area contributed by atoms with Crippen LogP contribution in [0.1, 0.15) is 6.92 Å². The standard InChI is InChI=1S/C16H9ClF6O2S/c1-5(16(24)25-2)26-9-3-6(8(18)4-7(9)17)10-11(19)13(21)15(23)14(22)12(10)20/h3-5H,1-2H3/t5-/m0/s1. The van der Waals surface area contributed by atoms with Crippen molar-refractivity contribution in [2.24, 2.45) is 0 Å². The molecular formula is C16H9ClF6O2S. The highest BCUT2D eigenvalue weighted by Crippen LogP contribution is 2.39. The van der Waals surface area contributed by atoms with Gasteiger partial charge in [0.05, 0.1) is 17.7 Å². The lowest BCUT2D eigenvalue weighted by Gasteiger charge is -2.14. The van der Waals surface area contributed by atoms with Gasteiger partial charge in [0, 0.05) is 10.5 Å². The van der Waals surface area contributed by atoms with Gasteiger partial charge in [-0.3, -0.25) is 4.79 Å². The van der Waals surface area contributed by atoms with Gasteiger partial charge < -0.3 is 4.74 Å². The van der Waals surface area contributed by atoms with Crippen molar-refractivity contribution in [1.82, 2.24) is 0 Å². The fourth-order valence-electron chi connectivity index (χ4n) is 2.06. The SMILES string of the molecule is COC(=O)[C@H](C)Sc1cc(-c2c(F)c(F)c(F)c(F)c2F)c(F)cc1Cl. The largest absolute Gasteiger partial charge is 0.468 e. The minimum atomic E-state index is -2.35. The lowest BCUT2D eigenvalue weighted by atomic mass is 10.0. The third kappa shape index (κ3) is 3.64. The number of hydrogen-bond donors (Lipinski definition) is 0. The number of esters is 1. The third-order valence-corrected chi connectivity index (χ3v) is 4.90. The van der Waals surface area contributed by atoms with Crippen molar-refractivity contribution in [3.8, 4) is 11.1 Å². The Bertz CT molecular complexity index is 861. The highest BCUT2D eigenvalue weighted by Gasteiger charge is 2.29. The summed E-state index contributed by atoms with van der Waals surface area (Å²) in [7, 11) is 1.13. The van der Waals surface area contributed by atoms with E-state index in [9.17, 15) is 31.1 Å². The maximum Gasteiger partial charge on any atom is 0.318 e. The molecule has 0 saturated carbocycles. The van der Waals surface area contributed by atoms with E-state index in [1.807, 2.05) is 0 Å². The van der Waals surface area contributed by atoms with Gasteiger partial charge in [-0.2, -0.15) is 0 Å². The zero-order chi connectivity index (χ0) is 19.8. The molecule has 2 nitrogen and oxygen atoms in total. The number of ether oxygens (including phenoxy) is 1. The molecule has 26 heavy (non-hydrogen) atoms. The van der Waals surface area contributed by atoms with E-state index >= 15 is 0 Å². The number of benzene rings is 2. The van der Waals surface area contributed by atoms with Crippen LogP contribution in [0.25, 0.3) is 11.1 Å². The first-order chi connectivity index (χ1) is 12.1. The predicted octanol–water partition coefficient (Wildman–Crippen LogP) is 5.50. The molecule has 2 rings (SSSR count). The number of methoxy groups -OCH3 is 1. The van der Waals surface area contributed by atoms with Gasteiger partial charge in [0.2, 0.25) is 5.82 Å². The average molecular weight is 415 g/mol. The fourth-order valence-corrected chi connectivity index (χ4v) is 3.27. The van der Waals surface area contributed by atoms with Crippen LogP contribution < -0.4 is 0 Å². The molecule has 10 heteroatoms. The van der Waals surface area contributed by atoms with Gasteiger partial charge in [-0.05, 0) is 19.1 Å². The summed E-state index contributed by atoms with van der Waals surface area (Å²) in [4.78, 5) is 11.5. The highest BCUT2D eigenvalue weighted by atomic mass is 35.5. The van der Waals surface area contributed by atoms with Crippen molar-refractivity contribution >= 4 is 29.3 Å². The van der Waals surface area contributed by atoms with Crippen LogP contribution in [0.5, 0.6) is 0 Å². The molecule has 0 N–H and O–H groups in total. The zero-order valence-corrected chi connectivity index (χ0v) is 14.7. The fraction of sp³-hybridized carbons (Fsp3) is 0.188. The maximum absolute atomic E-state index is 14.1. The van der Waals surface area contributed by atoms with Crippen molar-refractivity contribution in [2.75, 3.05) is 7.11 Å². The zero-order valence-electron chi connectivity index (χ0n) is 13.1. The van der Waals surface area contributed by atoms with E-state index in [1.54, 1.807) is 0 Å². The molecule has 1 atom stereocenters. The normalized spacial score (nSPS) is 12.2. The Hall–Kier alpha value is -1.87. The van der Waals surface area contributed by atoms with Crippen molar-refractivity contribution < 1.29 is 35.9 Å². The van der Waals surface area contributed by atoms with Gasteiger partial charge in [0.15, 0.2) is 23.3 Å². The van der Waals surface area contributed by atoms with E-state index in [0.717, 1.165) is 24.9 Å². The number of hydrogen-bond acceptors (Lipinski definition) is 3. The Labute approximate surface area is 153 Å². The second-order valence-electron chi connectivity index (χ2n) is 4.99. The van der Waals surface area contributed by atoms with Gasteiger partial charge in [-0.15, -0.1) is 11.8 Å². The van der Waals surface area contributed by atoms with E-state index in [2.05, 4.69) is 4.74 Å². The minimum Gasteiger partial charge on any atom is -0.468 e. The van der Waals surface area contributed by atoms with Crippen LogP contribution in [0.4, 0.5) is 26.3 Å². The number of rotatable bonds is 4. The Morgan fingerprint density at radius 3 is 2.00 bits per heavy atom. The van der Waals surface area contributed by atoms with E-state index in [0.29, 0.717) is 6.07 Å². The summed E-state index contributed by atoms with van der Waals surface area (Å²) >= 11 is 6.60. The lowest BCUT2D eigenvalue weighted by Crippen LogP contribution is -2.14. The van der Waals surface area contributed by atoms with Crippen LogP contribution in [0.15, 0.2) is 17.0 Å². The van der Waals surface area contributed by atoms with Crippen LogP contribution in [-0.2, 0) is 9.53 Å². The summed E-state index contributed by atoms with van der Waals surface area (Å²) in [5.41, 5.74) is -2.31. The van der Waals surface area contributed by atoms with Crippen LogP contribution in [-0.4, -0.2) is 18.3 Å². The summed E-state index contributed by atoms with van der Waals surface area (Å²) in [6.07, 6.45) is 0. The van der Waals surface area contributed by atoms with Crippen LogP contribution in [0.2, 0.25) is 5.02 Å². The molecule has 0 heterocycles. The number of thioether (sulfide) groups is 1. The molecule has 0 aromatic heterocycles. The van der Waals surface area contributed by atoms with Crippen molar-refractivity contribution in [3.63, 3.8) is 0 Å². The first kappa shape index (κ1) is 20.4. The number of carbonyl (C=O) groups excluding carboxylic acids is 1. The molecule has 0 aliphatic carbocycles. The predicted molar refractivity (Wildman–Crippen MR) is 84.0 cm³/mol. The maximum atomic E-state index is 14.1. The van der Waals surface area contributed by atoms with Crippen molar-refractivity contribution in [1.29, 1.82) is 0 Å². The molecule has 0 unspecified atom stereocenters. The molecule has 0 aliphatic heterocycles. The lowest BCUT2D eigenvalue weighted by molar-refractivity contribution is -0.139. The monoisotopic (exact) mass is 414 g/mol. The van der Waals surface area contributed by atoms with Crippen LogP contribution >= 0.6 is 23.4 Å². The van der Waals surface area contributed by atoms with Gasteiger partial charge in [-0.25, -0.2) is 26.3 Å². The average Bonchev–Trinajstić information content (AvgIpc) is 2.61. The van der Waals surface area contributed by atoms with E-state index in [-0.39, 0.29) is 9.92 Å². The molecule has 0 radical (unpaired) electrons. The summed E-state index contributed by atoms with van der Waals surface area (Å²) in [5.74, 6) is -13.1. The van der Waals surface area contributed by atoms with Crippen LogP contribution in [0.3, 0.4) is 0 Å². The Morgan fingerprint density at radius 1 is 1.00 bits per heavy atom. The molecule has 0 aliphatic rings. The summed E-state index contributed by atoms with van der Waals surface area (Å²) < 4.78 is 86.5. The number of halogens is 7. The third-order valence-electron chi connectivity index (χ3n) is 3.34. The van der Waals surface area contributed by atoms with Gasteiger partial charge >= 0.3 is 5.97 Å². The van der Waals surface area contributed by atoms with Crippen LogP contribution in [0, 0.1) is 34.9 Å².